The summed E-state index contributed by atoms with van der Waals surface area (Å²) >= 11 is 1.80. The van der Waals surface area contributed by atoms with Crippen LogP contribution in [0.1, 0.15) is 55.5 Å². The SMILES string of the molecule is C/C=C\CC1=C(C)N(Sc2ccc(C=O)cc2)CC12CCC2.CNCc1ccc(F)cc1. The average molecular weight is 453 g/mol. The highest BCUT2D eigenvalue weighted by atomic mass is 32.2. The molecule has 1 aliphatic heterocycles. The van der Waals surface area contributed by atoms with Crippen molar-refractivity contribution in [3.63, 3.8) is 0 Å². The molecule has 2 aromatic carbocycles. The van der Waals surface area contributed by atoms with E-state index in [1.807, 2.05) is 31.3 Å². The molecule has 0 aromatic heterocycles. The Morgan fingerprint density at radius 3 is 2.34 bits per heavy atom. The van der Waals surface area contributed by atoms with Crippen molar-refractivity contribution in [3.05, 3.63) is 88.9 Å². The second-order valence-corrected chi connectivity index (χ2v) is 9.54. The van der Waals surface area contributed by atoms with Crippen LogP contribution < -0.4 is 5.32 Å². The fourth-order valence-corrected chi connectivity index (χ4v) is 5.40. The molecule has 170 valence electrons. The quantitative estimate of drug-likeness (QED) is 0.285. The highest BCUT2D eigenvalue weighted by Gasteiger charge is 2.47. The minimum Gasteiger partial charge on any atom is -0.316 e. The molecule has 4 rings (SSSR count). The molecule has 0 saturated heterocycles. The van der Waals surface area contributed by atoms with Gasteiger partial charge in [-0.05, 0) is 87.5 Å². The molecular formula is C27H33FN2OS. The van der Waals surface area contributed by atoms with Crippen molar-refractivity contribution in [2.75, 3.05) is 13.6 Å². The van der Waals surface area contributed by atoms with E-state index in [1.165, 1.54) is 42.0 Å². The van der Waals surface area contributed by atoms with E-state index < -0.39 is 0 Å². The Kier molecular flexibility index (Phi) is 8.71. The van der Waals surface area contributed by atoms with E-state index in [4.69, 9.17) is 0 Å². The second-order valence-electron chi connectivity index (χ2n) is 8.44. The monoisotopic (exact) mass is 452 g/mol. The Labute approximate surface area is 195 Å². The minimum absolute atomic E-state index is 0.181. The van der Waals surface area contributed by atoms with Crippen molar-refractivity contribution in [1.29, 1.82) is 0 Å². The zero-order valence-corrected chi connectivity index (χ0v) is 20.1. The number of benzene rings is 2. The summed E-state index contributed by atoms with van der Waals surface area (Å²) in [4.78, 5) is 12.0. The van der Waals surface area contributed by atoms with Crippen molar-refractivity contribution in [2.45, 2.75) is 51.0 Å². The van der Waals surface area contributed by atoms with Crippen LogP contribution in [0.4, 0.5) is 4.39 Å². The van der Waals surface area contributed by atoms with E-state index in [0.717, 1.165) is 36.9 Å². The summed E-state index contributed by atoms with van der Waals surface area (Å²) in [6, 6.07) is 14.3. The molecule has 3 nitrogen and oxygen atoms in total. The third-order valence-corrected chi connectivity index (χ3v) is 7.40. The lowest BCUT2D eigenvalue weighted by atomic mass is 9.64. The first-order valence-corrected chi connectivity index (χ1v) is 12.0. The molecule has 0 unspecified atom stereocenters. The molecule has 1 saturated carbocycles. The largest absolute Gasteiger partial charge is 0.316 e. The van der Waals surface area contributed by atoms with Crippen LogP contribution in [-0.2, 0) is 6.54 Å². The first-order valence-electron chi connectivity index (χ1n) is 11.2. The molecular weight excluding hydrogens is 419 g/mol. The summed E-state index contributed by atoms with van der Waals surface area (Å²) in [6.07, 6.45) is 10.4. The van der Waals surface area contributed by atoms with Crippen LogP contribution in [0.2, 0.25) is 0 Å². The van der Waals surface area contributed by atoms with Gasteiger partial charge in [0.1, 0.15) is 12.1 Å². The van der Waals surface area contributed by atoms with E-state index in [1.54, 1.807) is 29.7 Å². The normalized spacial score (nSPS) is 16.8. The molecule has 1 heterocycles. The number of allylic oxidation sites excluding steroid dienone is 3. The van der Waals surface area contributed by atoms with Crippen molar-refractivity contribution in [1.82, 2.24) is 9.62 Å². The van der Waals surface area contributed by atoms with E-state index in [-0.39, 0.29) is 5.82 Å². The zero-order valence-electron chi connectivity index (χ0n) is 19.2. The molecule has 0 bridgehead atoms. The fraction of sp³-hybridized carbons (Fsp3) is 0.370. The Balaban J connectivity index is 0.000000243. The number of carbonyl (C=O) groups excluding carboxylic acids is 1. The number of nitrogens with zero attached hydrogens (tertiary/aromatic N) is 1. The van der Waals surface area contributed by atoms with Crippen LogP contribution in [0.3, 0.4) is 0 Å². The van der Waals surface area contributed by atoms with Gasteiger partial charge in [-0.25, -0.2) is 4.39 Å². The van der Waals surface area contributed by atoms with Crippen molar-refractivity contribution >= 4 is 18.2 Å². The Morgan fingerprint density at radius 1 is 1.12 bits per heavy atom. The Bertz CT molecular complexity index is 947. The van der Waals surface area contributed by atoms with Crippen molar-refractivity contribution in [2.24, 2.45) is 5.41 Å². The van der Waals surface area contributed by atoms with Crippen LogP contribution in [-0.4, -0.2) is 24.2 Å². The number of rotatable bonds is 7. The van der Waals surface area contributed by atoms with Gasteiger partial charge in [-0.1, -0.05) is 42.8 Å². The maximum atomic E-state index is 12.3. The highest BCUT2D eigenvalue weighted by molar-refractivity contribution is 7.97. The number of carbonyl (C=O) groups is 1. The lowest BCUT2D eigenvalue weighted by Crippen LogP contribution is -2.34. The second kappa shape index (κ2) is 11.5. The Hall–Kier alpha value is -2.37. The molecule has 2 aromatic rings. The predicted octanol–water partition coefficient (Wildman–Crippen LogP) is 6.78. The van der Waals surface area contributed by atoms with Gasteiger partial charge in [0.25, 0.3) is 0 Å². The molecule has 2 aliphatic rings. The summed E-state index contributed by atoms with van der Waals surface area (Å²) < 4.78 is 14.8. The van der Waals surface area contributed by atoms with Gasteiger partial charge in [-0.15, -0.1) is 0 Å². The molecule has 1 aliphatic carbocycles. The molecule has 1 spiro atoms. The number of aldehydes is 1. The molecule has 0 amide bonds. The first-order chi connectivity index (χ1) is 15.5. The van der Waals surface area contributed by atoms with Gasteiger partial charge in [0.05, 0.1) is 0 Å². The molecule has 0 atom stereocenters. The van der Waals surface area contributed by atoms with E-state index in [9.17, 15) is 9.18 Å². The number of halogens is 1. The smallest absolute Gasteiger partial charge is 0.150 e. The summed E-state index contributed by atoms with van der Waals surface area (Å²) in [5.74, 6) is -0.181. The lowest BCUT2D eigenvalue weighted by molar-refractivity contribution is 0.112. The maximum absolute atomic E-state index is 12.3. The Morgan fingerprint density at radius 2 is 1.81 bits per heavy atom. The van der Waals surface area contributed by atoms with E-state index in [0.29, 0.717) is 5.41 Å². The van der Waals surface area contributed by atoms with E-state index in [2.05, 4.69) is 35.6 Å². The topological polar surface area (TPSA) is 32.3 Å². The summed E-state index contributed by atoms with van der Waals surface area (Å²) in [7, 11) is 1.86. The minimum atomic E-state index is -0.181. The van der Waals surface area contributed by atoms with Gasteiger partial charge in [0.2, 0.25) is 0 Å². The molecule has 32 heavy (non-hydrogen) atoms. The highest BCUT2D eigenvalue weighted by Crippen LogP contribution is 2.56. The van der Waals surface area contributed by atoms with Crippen LogP contribution in [0, 0.1) is 11.2 Å². The number of hydrogen-bond donors (Lipinski definition) is 1. The first kappa shape index (κ1) is 24.3. The third kappa shape index (κ3) is 5.90. The van der Waals surface area contributed by atoms with Crippen LogP contribution in [0.5, 0.6) is 0 Å². The van der Waals surface area contributed by atoms with Gasteiger partial charge in [-0.2, -0.15) is 0 Å². The van der Waals surface area contributed by atoms with Gasteiger partial charge < -0.3 is 9.62 Å². The van der Waals surface area contributed by atoms with Crippen LogP contribution >= 0.6 is 11.9 Å². The average Bonchev–Trinajstić information content (AvgIpc) is 3.07. The molecule has 1 fully saturated rings. The van der Waals surface area contributed by atoms with Gasteiger partial charge in [0.15, 0.2) is 0 Å². The molecule has 0 radical (unpaired) electrons. The number of hydrogen-bond acceptors (Lipinski definition) is 4. The standard InChI is InChI=1S/C19H23NOS.C8H10FN/c1-3-4-6-18-15(2)20(14-19(18)11-5-12-19)22-17-9-7-16(13-21)8-10-17;1-10-6-7-2-4-8(9)5-3-7/h3-4,7-10,13H,5-6,11-12,14H2,1-2H3;2-5,10H,6H2,1H3/b4-3-;. The fourth-order valence-electron chi connectivity index (χ4n) is 4.33. The van der Waals surface area contributed by atoms with Gasteiger partial charge >= 0.3 is 0 Å². The summed E-state index contributed by atoms with van der Waals surface area (Å²) in [6.45, 7) is 6.28. The summed E-state index contributed by atoms with van der Waals surface area (Å²) in [5, 5.41) is 2.98. The zero-order chi connectivity index (χ0) is 23.0. The molecule has 1 N–H and O–H groups in total. The van der Waals surface area contributed by atoms with Crippen LogP contribution in [0.25, 0.3) is 0 Å². The van der Waals surface area contributed by atoms with Crippen LogP contribution in [0.15, 0.2) is 76.8 Å². The third-order valence-electron chi connectivity index (χ3n) is 6.29. The lowest BCUT2D eigenvalue weighted by Gasteiger charge is -2.41. The number of nitrogens with one attached hydrogen (secondary N) is 1. The molecule has 5 heteroatoms. The maximum Gasteiger partial charge on any atom is 0.150 e. The van der Waals surface area contributed by atoms with Crippen molar-refractivity contribution < 1.29 is 9.18 Å². The van der Waals surface area contributed by atoms with Crippen molar-refractivity contribution in [3.8, 4) is 0 Å². The van der Waals surface area contributed by atoms with Gasteiger partial charge in [-0.3, -0.25) is 4.79 Å². The predicted molar refractivity (Wildman–Crippen MR) is 132 cm³/mol. The summed E-state index contributed by atoms with van der Waals surface area (Å²) in [5.41, 5.74) is 5.33. The van der Waals surface area contributed by atoms with E-state index >= 15 is 0 Å². The van der Waals surface area contributed by atoms with Gasteiger partial charge in [0, 0.05) is 34.7 Å².